The van der Waals surface area contributed by atoms with Crippen LogP contribution in [0.5, 0.6) is 0 Å². The Labute approximate surface area is 174 Å². The lowest BCUT2D eigenvalue weighted by Gasteiger charge is -2.58. The highest BCUT2D eigenvalue weighted by molar-refractivity contribution is 5.92. The van der Waals surface area contributed by atoms with Crippen molar-refractivity contribution in [2.75, 3.05) is 6.61 Å². The Morgan fingerprint density at radius 1 is 1.17 bits per heavy atom. The van der Waals surface area contributed by atoms with E-state index in [1.165, 1.54) is 18.9 Å². The van der Waals surface area contributed by atoms with Crippen molar-refractivity contribution in [1.82, 2.24) is 0 Å². The van der Waals surface area contributed by atoms with E-state index in [9.17, 15) is 9.59 Å². The van der Waals surface area contributed by atoms with Crippen molar-refractivity contribution in [3.05, 3.63) is 23.8 Å². The monoisotopic (exact) mass is 400 g/mol. The molecule has 3 saturated carbocycles. The molecule has 29 heavy (non-hydrogen) atoms. The molecule has 0 aromatic rings. The first-order valence-corrected chi connectivity index (χ1v) is 11.5. The molecular weight excluding hydrogens is 364 g/mol. The molecule has 0 bridgehead atoms. The SMILES string of the molecule is CC(=O)OC1CCC2(C)C(=CCC3C2CCC2(C)C(C(=O)/C=C/CO)CCC32)C1. The summed E-state index contributed by atoms with van der Waals surface area (Å²) in [5.74, 6) is 2.10. The molecule has 4 aliphatic rings. The van der Waals surface area contributed by atoms with E-state index < -0.39 is 0 Å². The summed E-state index contributed by atoms with van der Waals surface area (Å²) in [7, 11) is 0. The maximum atomic E-state index is 12.8. The number of carbonyl (C=O) groups is 2. The predicted molar refractivity (Wildman–Crippen MR) is 112 cm³/mol. The summed E-state index contributed by atoms with van der Waals surface area (Å²) < 4.78 is 5.54. The lowest BCUT2D eigenvalue weighted by Crippen LogP contribution is -2.51. The Bertz CT molecular complexity index is 737. The molecule has 0 heterocycles. The fourth-order valence-electron chi connectivity index (χ4n) is 7.72. The Hall–Kier alpha value is -1.42. The van der Waals surface area contributed by atoms with Crippen LogP contribution in [0.4, 0.5) is 0 Å². The Morgan fingerprint density at radius 2 is 1.97 bits per heavy atom. The van der Waals surface area contributed by atoms with Crippen LogP contribution < -0.4 is 0 Å². The number of allylic oxidation sites excluding steroid dienone is 2. The van der Waals surface area contributed by atoms with Crippen LogP contribution in [0.1, 0.15) is 72.1 Å². The molecule has 0 aliphatic heterocycles. The fraction of sp³-hybridized carbons (Fsp3) is 0.760. The molecule has 7 atom stereocenters. The van der Waals surface area contributed by atoms with Crippen molar-refractivity contribution in [1.29, 1.82) is 0 Å². The van der Waals surface area contributed by atoms with Gasteiger partial charge in [-0.1, -0.05) is 31.6 Å². The smallest absolute Gasteiger partial charge is 0.302 e. The predicted octanol–water partition coefficient (Wildman–Crippen LogP) is 4.61. The molecule has 4 aliphatic carbocycles. The topological polar surface area (TPSA) is 63.6 Å². The van der Waals surface area contributed by atoms with E-state index in [0.717, 1.165) is 44.9 Å². The van der Waals surface area contributed by atoms with E-state index in [-0.39, 0.29) is 41.2 Å². The quantitative estimate of drug-likeness (QED) is 0.425. The van der Waals surface area contributed by atoms with Gasteiger partial charge in [-0.3, -0.25) is 9.59 Å². The third-order valence-electron chi connectivity index (χ3n) is 9.12. The molecular formula is C25H36O4. The van der Waals surface area contributed by atoms with Gasteiger partial charge in [-0.2, -0.15) is 0 Å². The third kappa shape index (κ3) is 3.41. The molecule has 0 aromatic heterocycles. The highest BCUT2D eigenvalue weighted by Gasteiger charge is 2.59. The highest BCUT2D eigenvalue weighted by atomic mass is 16.5. The number of hydrogen-bond acceptors (Lipinski definition) is 4. The number of fused-ring (bicyclic) bond motifs is 5. The number of carbonyl (C=O) groups excluding carboxylic acids is 2. The largest absolute Gasteiger partial charge is 0.462 e. The minimum absolute atomic E-state index is 0.0454. The third-order valence-corrected chi connectivity index (χ3v) is 9.12. The van der Waals surface area contributed by atoms with Gasteiger partial charge in [0.2, 0.25) is 0 Å². The summed E-state index contributed by atoms with van der Waals surface area (Å²) >= 11 is 0. The average molecular weight is 401 g/mol. The molecule has 1 N–H and O–H groups in total. The minimum atomic E-state index is -0.168. The van der Waals surface area contributed by atoms with Gasteiger partial charge in [0.25, 0.3) is 0 Å². The van der Waals surface area contributed by atoms with Crippen LogP contribution in [0.2, 0.25) is 0 Å². The molecule has 0 amide bonds. The molecule has 4 rings (SSSR count). The summed E-state index contributed by atoms with van der Waals surface area (Å²) in [6.07, 6.45) is 14.2. The standard InChI is InChI=1S/C25H36O4/c1-16(27)29-18-10-12-24(2)17(15-18)6-7-19-20-8-9-22(23(28)5-4-14-26)25(20,3)13-11-21(19)24/h4-6,18-22,26H,7-15H2,1-3H3/b5-4+. The van der Waals surface area contributed by atoms with Crippen LogP contribution in [0, 0.1) is 34.5 Å². The van der Waals surface area contributed by atoms with Crippen LogP contribution >= 0.6 is 0 Å². The zero-order valence-electron chi connectivity index (χ0n) is 18.2. The summed E-state index contributed by atoms with van der Waals surface area (Å²) in [6, 6.07) is 0. The number of esters is 1. The van der Waals surface area contributed by atoms with Gasteiger partial charge in [0, 0.05) is 19.3 Å². The van der Waals surface area contributed by atoms with Crippen molar-refractivity contribution in [3.63, 3.8) is 0 Å². The van der Waals surface area contributed by atoms with Gasteiger partial charge in [-0.25, -0.2) is 0 Å². The zero-order valence-corrected chi connectivity index (χ0v) is 18.2. The number of ether oxygens (including phenoxy) is 1. The van der Waals surface area contributed by atoms with E-state index in [1.807, 2.05) is 0 Å². The van der Waals surface area contributed by atoms with Crippen LogP contribution in [-0.4, -0.2) is 29.6 Å². The zero-order chi connectivity index (χ0) is 20.8. The van der Waals surface area contributed by atoms with Gasteiger partial charge in [-0.15, -0.1) is 0 Å². The van der Waals surface area contributed by atoms with Crippen molar-refractivity contribution < 1.29 is 19.4 Å². The maximum Gasteiger partial charge on any atom is 0.302 e. The first-order valence-electron chi connectivity index (χ1n) is 11.5. The molecule has 4 heteroatoms. The van der Waals surface area contributed by atoms with E-state index in [4.69, 9.17) is 9.84 Å². The van der Waals surface area contributed by atoms with Crippen LogP contribution in [-0.2, 0) is 14.3 Å². The summed E-state index contributed by atoms with van der Waals surface area (Å²) in [5.41, 5.74) is 1.82. The van der Waals surface area contributed by atoms with Gasteiger partial charge < -0.3 is 9.84 Å². The Balaban J connectivity index is 1.55. The van der Waals surface area contributed by atoms with E-state index in [2.05, 4.69) is 19.9 Å². The summed E-state index contributed by atoms with van der Waals surface area (Å²) in [4.78, 5) is 24.2. The Morgan fingerprint density at radius 3 is 2.69 bits per heavy atom. The van der Waals surface area contributed by atoms with Crippen molar-refractivity contribution >= 4 is 11.8 Å². The van der Waals surface area contributed by atoms with Crippen LogP contribution in [0.25, 0.3) is 0 Å². The van der Waals surface area contributed by atoms with Gasteiger partial charge in [0.15, 0.2) is 5.78 Å². The second-order valence-electron chi connectivity index (χ2n) is 10.4. The summed E-state index contributed by atoms with van der Waals surface area (Å²) in [5, 5.41) is 9.04. The van der Waals surface area contributed by atoms with Crippen LogP contribution in [0.3, 0.4) is 0 Å². The number of aliphatic hydroxyl groups excluding tert-OH is 1. The van der Waals surface area contributed by atoms with E-state index >= 15 is 0 Å². The molecule has 7 unspecified atom stereocenters. The lowest BCUT2D eigenvalue weighted by atomic mass is 9.47. The molecule has 0 spiro atoms. The van der Waals surface area contributed by atoms with Crippen molar-refractivity contribution in [2.45, 2.75) is 78.2 Å². The molecule has 0 saturated heterocycles. The first kappa shape index (κ1) is 20.8. The second kappa shape index (κ2) is 7.68. The normalized spacial score (nSPS) is 43.9. The minimum Gasteiger partial charge on any atom is -0.462 e. The molecule has 3 fully saturated rings. The number of ketones is 1. The number of rotatable bonds is 4. The Kier molecular flexibility index (Phi) is 5.52. The summed E-state index contributed by atoms with van der Waals surface area (Å²) in [6.45, 7) is 6.25. The average Bonchev–Trinajstić information content (AvgIpc) is 3.03. The molecule has 4 nitrogen and oxygen atoms in total. The van der Waals surface area contributed by atoms with Gasteiger partial charge in [-0.05, 0) is 79.6 Å². The van der Waals surface area contributed by atoms with Gasteiger partial charge in [0.05, 0.1) is 6.61 Å². The molecule has 0 aromatic carbocycles. The van der Waals surface area contributed by atoms with E-state index in [0.29, 0.717) is 17.8 Å². The highest BCUT2D eigenvalue weighted by Crippen LogP contribution is 2.66. The van der Waals surface area contributed by atoms with Crippen molar-refractivity contribution in [3.8, 4) is 0 Å². The fourth-order valence-corrected chi connectivity index (χ4v) is 7.72. The maximum absolute atomic E-state index is 12.8. The van der Waals surface area contributed by atoms with E-state index in [1.54, 1.807) is 12.2 Å². The van der Waals surface area contributed by atoms with Gasteiger partial charge in [0.1, 0.15) is 6.10 Å². The number of aliphatic hydroxyl groups is 1. The second-order valence-corrected chi connectivity index (χ2v) is 10.4. The number of hydrogen-bond donors (Lipinski definition) is 1. The molecule has 0 radical (unpaired) electrons. The van der Waals surface area contributed by atoms with Crippen LogP contribution in [0.15, 0.2) is 23.8 Å². The lowest BCUT2D eigenvalue weighted by molar-refractivity contribution is -0.149. The van der Waals surface area contributed by atoms with Crippen molar-refractivity contribution in [2.24, 2.45) is 34.5 Å². The molecule has 160 valence electrons. The van der Waals surface area contributed by atoms with Gasteiger partial charge >= 0.3 is 5.97 Å². The first-order chi connectivity index (χ1) is 13.8.